The molecule has 0 saturated heterocycles. The molecule has 0 aliphatic carbocycles. The van der Waals surface area contributed by atoms with Gasteiger partial charge in [-0.05, 0) is 18.9 Å². The van der Waals surface area contributed by atoms with Gasteiger partial charge in [0.05, 0.1) is 22.9 Å². The Morgan fingerprint density at radius 3 is 2.88 bits per heavy atom. The lowest BCUT2D eigenvalue weighted by atomic mass is 10.2. The van der Waals surface area contributed by atoms with Gasteiger partial charge in [-0.15, -0.1) is 11.3 Å². The molecule has 0 saturated carbocycles. The van der Waals surface area contributed by atoms with Crippen molar-refractivity contribution in [2.75, 3.05) is 0 Å². The molecule has 8 heteroatoms. The Bertz CT molecular complexity index is 926. The largest absolute Gasteiger partial charge is 0.347 e. The van der Waals surface area contributed by atoms with E-state index in [1.54, 1.807) is 26.5 Å². The first-order valence-corrected chi connectivity index (χ1v) is 8.54. The molecule has 1 atom stereocenters. The molecule has 1 N–H and O–H groups in total. The van der Waals surface area contributed by atoms with Crippen LogP contribution in [0, 0.1) is 6.92 Å². The maximum absolute atomic E-state index is 12.7. The SMILES string of the molecule is CC[C@@H](Cn1ccnc1)NC(=O)c1sc2ncn(C)c(=O)c2c1C. The summed E-state index contributed by atoms with van der Waals surface area (Å²) in [5, 5.41) is 3.57. The van der Waals surface area contributed by atoms with Gasteiger partial charge in [0.25, 0.3) is 11.5 Å². The fourth-order valence-electron chi connectivity index (χ4n) is 2.60. The van der Waals surface area contributed by atoms with Crippen molar-refractivity contribution in [3.63, 3.8) is 0 Å². The number of amides is 1. The van der Waals surface area contributed by atoms with Crippen molar-refractivity contribution in [1.82, 2.24) is 24.4 Å². The van der Waals surface area contributed by atoms with Crippen LogP contribution >= 0.6 is 11.3 Å². The summed E-state index contributed by atoms with van der Waals surface area (Å²) in [6, 6.07) is -0.00731. The van der Waals surface area contributed by atoms with E-state index in [4.69, 9.17) is 0 Å². The van der Waals surface area contributed by atoms with Crippen LogP contribution in [-0.2, 0) is 13.6 Å². The molecule has 0 bridgehead atoms. The Morgan fingerprint density at radius 1 is 1.42 bits per heavy atom. The average molecular weight is 345 g/mol. The molecule has 7 nitrogen and oxygen atoms in total. The molecule has 0 aliphatic heterocycles. The van der Waals surface area contributed by atoms with Crippen molar-refractivity contribution in [2.24, 2.45) is 7.05 Å². The van der Waals surface area contributed by atoms with E-state index in [1.807, 2.05) is 17.7 Å². The Morgan fingerprint density at radius 2 is 2.21 bits per heavy atom. The number of aromatic nitrogens is 4. The van der Waals surface area contributed by atoms with Crippen LogP contribution in [0.1, 0.15) is 28.6 Å². The van der Waals surface area contributed by atoms with E-state index in [0.29, 0.717) is 27.2 Å². The molecular weight excluding hydrogens is 326 g/mol. The minimum Gasteiger partial charge on any atom is -0.347 e. The number of aryl methyl sites for hydroxylation is 2. The van der Waals surface area contributed by atoms with E-state index in [2.05, 4.69) is 15.3 Å². The van der Waals surface area contributed by atoms with Gasteiger partial charge in [0.15, 0.2) is 0 Å². The Kier molecular flexibility index (Phi) is 4.48. The number of nitrogens with one attached hydrogen (secondary N) is 1. The number of nitrogens with zero attached hydrogens (tertiary/aromatic N) is 4. The second kappa shape index (κ2) is 6.56. The monoisotopic (exact) mass is 345 g/mol. The molecule has 1 amide bonds. The fraction of sp³-hybridized carbons (Fsp3) is 0.375. The van der Waals surface area contributed by atoms with Crippen molar-refractivity contribution in [3.05, 3.63) is 45.8 Å². The summed E-state index contributed by atoms with van der Waals surface area (Å²) in [5.74, 6) is -0.162. The molecule has 3 aromatic heterocycles. The number of fused-ring (bicyclic) bond motifs is 1. The summed E-state index contributed by atoms with van der Waals surface area (Å²) in [6.07, 6.45) is 7.59. The van der Waals surface area contributed by atoms with E-state index < -0.39 is 0 Å². The molecule has 0 fully saturated rings. The standard InChI is InChI=1S/C16H19N5O2S/c1-4-11(7-21-6-5-17-8-21)19-14(22)13-10(2)12-15(24-13)18-9-20(3)16(12)23/h5-6,8-9,11H,4,7H2,1-3H3,(H,19,22)/t11-/m0/s1. The molecule has 0 aliphatic rings. The number of rotatable bonds is 5. The Hall–Kier alpha value is -2.48. The van der Waals surface area contributed by atoms with Crippen molar-refractivity contribution in [3.8, 4) is 0 Å². The van der Waals surface area contributed by atoms with Gasteiger partial charge in [-0.25, -0.2) is 9.97 Å². The van der Waals surface area contributed by atoms with E-state index in [9.17, 15) is 9.59 Å². The highest BCUT2D eigenvalue weighted by atomic mass is 32.1. The highest BCUT2D eigenvalue weighted by Gasteiger charge is 2.21. The summed E-state index contributed by atoms with van der Waals surface area (Å²) in [6.45, 7) is 4.48. The van der Waals surface area contributed by atoms with Crippen molar-refractivity contribution >= 4 is 27.5 Å². The van der Waals surface area contributed by atoms with Crippen molar-refractivity contribution < 1.29 is 4.79 Å². The third-order valence-corrected chi connectivity index (χ3v) is 5.23. The first-order chi connectivity index (χ1) is 11.5. The highest BCUT2D eigenvalue weighted by molar-refractivity contribution is 7.20. The summed E-state index contributed by atoms with van der Waals surface area (Å²) >= 11 is 1.26. The quantitative estimate of drug-likeness (QED) is 0.763. The summed E-state index contributed by atoms with van der Waals surface area (Å²) in [7, 11) is 1.66. The average Bonchev–Trinajstić information content (AvgIpc) is 3.18. The second-order valence-electron chi connectivity index (χ2n) is 5.74. The number of hydrogen-bond acceptors (Lipinski definition) is 5. The van der Waals surface area contributed by atoms with Gasteiger partial charge in [0, 0.05) is 32.0 Å². The Balaban J connectivity index is 1.87. The van der Waals surface area contributed by atoms with Crippen molar-refractivity contribution in [2.45, 2.75) is 32.9 Å². The normalized spacial score (nSPS) is 12.5. The molecule has 0 unspecified atom stereocenters. The number of carbonyl (C=O) groups is 1. The molecule has 0 aromatic carbocycles. The second-order valence-corrected chi connectivity index (χ2v) is 6.73. The van der Waals surface area contributed by atoms with E-state index in [-0.39, 0.29) is 17.5 Å². The lowest BCUT2D eigenvalue weighted by Crippen LogP contribution is -2.37. The summed E-state index contributed by atoms with van der Waals surface area (Å²) in [5.41, 5.74) is 0.567. The smallest absolute Gasteiger partial charge is 0.262 e. The van der Waals surface area contributed by atoms with Crippen LogP contribution in [-0.4, -0.2) is 31.1 Å². The van der Waals surface area contributed by atoms with Crippen LogP contribution in [0.4, 0.5) is 0 Å². The Labute approximate surface area is 143 Å². The lowest BCUT2D eigenvalue weighted by molar-refractivity contribution is 0.0935. The van der Waals surface area contributed by atoms with E-state index in [1.165, 1.54) is 22.2 Å². The number of carbonyl (C=O) groups excluding carboxylic acids is 1. The van der Waals surface area contributed by atoms with Gasteiger partial charge < -0.3 is 14.5 Å². The predicted octanol–water partition coefficient (Wildman–Crippen LogP) is 1.71. The fourth-order valence-corrected chi connectivity index (χ4v) is 3.64. The van der Waals surface area contributed by atoms with Crippen LogP contribution in [0.15, 0.2) is 29.8 Å². The van der Waals surface area contributed by atoms with Gasteiger partial charge in [0.1, 0.15) is 4.83 Å². The molecule has 3 rings (SSSR count). The lowest BCUT2D eigenvalue weighted by Gasteiger charge is -2.17. The first kappa shape index (κ1) is 16.4. The molecule has 3 aromatic rings. The topological polar surface area (TPSA) is 81.8 Å². The number of hydrogen-bond donors (Lipinski definition) is 1. The third kappa shape index (κ3) is 2.96. The molecular formula is C16H19N5O2S. The number of thiophene rings is 1. The van der Waals surface area contributed by atoms with Gasteiger partial charge in [-0.3, -0.25) is 9.59 Å². The molecule has 0 spiro atoms. The van der Waals surface area contributed by atoms with Crippen LogP contribution in [0.5, 0.6) is 0 Å². The van der Waals surface area contributed by atoms with Crippen LogP contribution < -0.4 is 10.9 Å². The summed E-state index contributed by atoms with van der Waals surface area (Å²) in [4.78, 5) is 34.3. The first-order valence-electron chi connectivity index (χ1n) is 7.72. The zero-order valence-electron chi connectivity index (χ0n) is 13.8. The molecule has 126 valence electrons. The molecule has 0 radical (unpaired) electrons. The minimum absolute atomic E-state index is 0.00731. The zero-order valence-corrected chi connectivity index (χ0v) is 14.6. The third-order valence-electron chi connectivity index (χ3n) is 4.04. The maximum atomic E-state index is 12.7. The number of imidazole rings is 1. The van der Waals surface area contributed by atoms with Crippen molar-refractivity contribution in [1.29, 1.82) is 0 Å². The van der Waals surface area contributed by atoms with Gasteiger partial charge in [-0.1, -0.05) is 6.92 Å². The van der Waals surface area contributed by atoms with Gasteiger partial charge in [0.2, 0.25) is 0 Å². The predicted molar refractivity (Wildman–Crippen MR) is 93.4 cm³/mol. The minimum atomic E-state index is -0.162. The van der Waals surface area contributed by atoms with Gasteiger partial charge >= 0.3 is 0 Å². The zero-order chi connectivity index (χ0) is 17.3. The van der Waals surface area contributed by atoms with E-state index >= 15 is 0 Å². The molecule has 3 heterocycles. The van der Waals surface area contributed by atoms with Gasteiger partial charge in [-0.2, -0.15) is 0 Å². The molecule has 24 heavy (non-hydrogen) atoms. The van der Waals surface area contributed by atoms with Crippen LogP contribution in [0.3, 0.4) is 0 Å². The highest BCUT2D eigenvalue weighted by Crippen LogP contribution is 2.26. The maximum Gasteiger partial charge on any atom is 0.262 e. The van der Waals surface area contributed by atoms with E-state index in [0.717, 1.165) is 6.42 Å². The van der Waals surface area contributed by atoms with Crippen LogP contribution in [0.25, 0.3) is 10.2 Å². The van der Waals surface area contributed by atoms with Crippen LogP contribution in [0.2, 0.25) is 0 Å². The summed E-state index contributed by atoms with van der Waals surface area (Å²) < 4.78 is 3.36.